The second-order valence-corrected chi connectivity index (χ2v) is 2.89. The molecule has 0 aromatic rings. The quantitative estimate of drug-likeness (QED) is 0.618. The Labute approximate surface area is 105 Å². The summed E-state index contributed by atoms with van der Waals surface area (Å²) < 4.78 is 0. The van der Waals surface area contributed by atoms with Gasteiger partial charge >= 0.3 is 26.2 Å². The van der Waals surface area contributed by atoms with Gasteiger partial charge in [0.15, 0.2) is 0 Å². The Morgan fingerprint density at radius 2 is 1.38 bits per heavy atom. The Hall–Kier alpha value is 0.00312. The molecule has 0 N–H and O–H groups in total. The van der Waals surface area contributed by atoms with Crippen LogP contribution in [-0.2, 0) is 26.2 Å². The van der Waals surface area contributed by atoms with Crippen LogP contribution in [0, 0.1) is 6.42 Å². The van der Waals surface area contributed by atoms with Gasteiger partial charge in [-0.05, 0) is 12.8 Å². The van der Waals surface area contributed by atoms with Crippen LogP contribution in [0.25, 0.3) is 0 Å². The SMILES string of the molecule is C1=CCC([CH-]C2=CC=CC2)=C1.[Cl-].[Zr+2]. The molecule has 2 rings (SSSR count). The van der Waals surface area contributed by atoms with Crippen LogP contribution in [0.4, 0.5) is 0 Å². The van der Waals surface area contributed by atoms with Gasteiger partial charge in [0.25, 0.3) is 0 Å². The summed E-state index contributed by atoms with van der Waals surface area (Å²) in [6, 6.07) is 0. The Bertz CT molecular complexity index is 244. The van der Waals surface area contributed by atoms with Gasteiger partial charge in [0.2, 0.25) is 0 Å². The van der Waals surface area contributed by atoms with Crippen LogP contribution >= 0.6 is 0 Å². The third-order valence-corrected chi connectivity index (χ3v) is 1.97. The molecule has 0 aliphatic heterocycles. The largest absolute Gasteiger partial charge is 2.00 e. The maximum Gasteiger partial charge on any atom is 2.00 e. The first-order valence-electron chi connectivity index (χ1n) is 4.01. The molecule has 2 aliphatic rings. The van der Waals surface area contributed by atoms with Crippen molar-refractivity contribution < 1.29 is 38.6 Å². The van der Waals surface area contributed by atoms with Crippen molar-refractivity contribution in [1.29, 1.82) is 0 Å². The van der Waals surface area contributed by atoms with Gasteiger partial charge < -0.3 is 12.4 Å². The van der Waals surface area contributed by atoms with Gasteiger partial charge in [0.05, 0.1) is 0 Å². The van der Waals surface area contributed by atoms with Crippen LogP contribution in [-0.4, -0.2) is 0 Å². The summed E-state index contributed by atoms with van der Waals surface area (Å²) >= 11 is 0. The topological polar surface area (TPSA) is 0 Å². The van der Waals surface area contributed by atoms with Crippen molar-refractivity contribution in [2.75, 3.05) is 0 Å². The molecular formula is C11H11ClZr. The molecule has 0 radical (unpaired) electrons. The number of allylic oxidation sites excluding steroid dienone is 8. The van der Waals surface area contributed by atoms with Crippen LogP contribution < -0.4 is 12.4 Å². The van der Waals surface area contributed by atoms with Crippen LogP contribution in [0.15, 0.2) is 47.6 Å². The molecule has 0 saturated heterocycles. The third-order valence-electron chi connectivity index (χ3n) is 1.97. The van der Waals surface area contributed by atoms with E-state index >= 15 is 0 Å². The standard InChI is InChI=1S/C11H11.ClH.Zr/c1-2-6-10(5-1)9-11-7-3-4-8-11;;/h1-5,7,9H,6,8H2;1H;/q-1;;+2/p-1. The predicted octanol–water partition coefficient (Wildman–Crippen LogP) is -0.0352. The average molecular weight is 270 g/mol. The molecule has 0 spiro atoms. The van der Waals surface area contributed by atoms with Crippen LogP contribution in [0.2, 0.25) is 0 Å². The molecule has 0 aromatic carbocycles. The summed E-state index contributed by atoms with van der Waals surface area (Å²) in [5.41, 5.74) is 2.86. The maximum atomic E-state index is 2.28. The fourth-order valence-corrected chi connectivity index (χ4v) is 1.38. The van der Waals surface area contributed by atoms with Crippen LogP contribution in [0.5, 0.6) is 0 Å². The zero-order valence-electron chi connectivity index (χ0n) is 7.33. The average Bonchev–Trinajstić information content (AvgIpc) is 2.60. The number of hydrogen-bond acceptors (Lipinski definition) is 0. The molecule has 0 saturated carbocycles. The van der Waals surface area contributed by atoms with Crippen molar-refractivity contribution in [1.82, 2.24) is 0 Å². The van der Waals surface area contributed by atoms with E-state index in [1.54, 1.807) is 0 Å². The second-order valence-electron chi connectivity index (χ2n) is 2.89. The molecule has 13 heavy (non-hydrogen) atoms. The Morgan fingerprint density at radius 3 is 1.69 bits per heavy atom. The fourth-order valence-electron chi connectivity index (χ4n) is 1.38. The van der Waals surface area contributed by atoms with E-state index < -0.39 is 0 Å². The van der Waals surface area contributed by atoms with Crippen molar-refractivity contribution in [2.24, 2.45) is 0 Å². The summed E-state index contributed by atoms with van der Waals surface area (Å²) in [6.07, 6.45) is 17.5. The molecule has 2 aliphatic carbocycles. The summed E-state index contributed by atoms with van der Waals surface area (Å²) in [5, 5.41) is 0. The zero-order chi connectivity index (χ0) is 7.52. The third kappa shape index (κ3) is 3.71. The Morgan fingerprint density at radius 1 is 0.923 bits per heavy atom. The van der Waals surface area contributed by atoms with Crippen molar-refractivity contribution in [3.63, 3.8) is 0 Å². The number of hydrogen-bond donors (Lipinski definition) is 0. The Kier molecular flexibility index (Phi) is 6.46. The van der Waals surface area contributed by atoms with E-state index in [0.29, 0.717) is 0 Å². The summed E-state index contributed by atoms with van der Waals surface area (Å²) in [4.78, 5) is 0. The van der Waals surface area contributed by atoms with E-state index in [0.717, 1.165) is 12.8 Å². The van der Waals surface area contributed by atoms with Gasteiger partial charge in [-0.2, -0.15) is 29.7 Å². The Balaban J connectivity index is 0.000000720. The minimum atomic E-state index is 0. The molecule has 66 valence electrons. The summed E-state index contributed by atoms with van der Waals surface area (Å²) in [5.74, 6) is 0. The molecule has 0 fully saturated rings. The first-order chi connectivity index (χ1) is 5.45. The van der Waals surface area contributed by atoms with Gasteiger partial charge in [0, 0.05) is 0 Å². The second kappa shape index (κ2) is 6.46. The summed E-state index contributed by atoms with van der Waals surface area (Å²) in [7, 11) is 0. The van der Waals surface area contributed by atoms with Gasteiger partial charge in [-0.3, -0.25) is 0 Å². The van der Waals surface area contributed by atoms with Crippen molar-refractivity contribution in [3.05, 3.63) is 54.0 Å². The van der Waals surface area contributed by atoms with Crippen molar-refractivity contribution in [2.45, 2.75) is 12.8 Å². The molecule has 0 aromatic heterocycles. The van der Waals surface area contributed by atoms with E-state index in [2.05, 4.69) is 42.9 Å². The van der Waals surface area contributed by atoms with Gasteiger partial charge in [-0.15, -0.1) is 12.2 Å². The van der Waals surface area contributed by atoms with Crippen molar-refractivity contribution >= 4 is 0 Å². The van der Waals surface area contributed by atoms with E-state index in [-0.39, 0.29) is 38.6 Å². The molecule has 0 unspecified atom stereocenters. The van der Waals surface area contributed by atoms with Gasteiger partial charge in [-0.25, -0.2) is 0 Å². The van der Waals surface area contributed by atoms with Gasteiger partial charge in [0.1, 0.15) is 0 Å². The van der Waals surface area contributed by atoms with E-state index in [1.807, 2.05) is 0 Å². The molecular weight excluding hydrogens is 259 g/mol. The number of rotatable bonds is 2. The summed E-state index contributed by atoms with van der Waals surface area (Å²) in [6.45, 7) is 0. The zero-order valence-corrected chi connectivity index (χ0v) is 10.5. The monoisotopic (exact) mass is 268 g/mol. The molecule has 0 heterocycles. The normalized spacial score (nSPS) is 17.2. The van der Waals surface area contributed by atoms with E-state index in [1.165, 1.54) is 11.1 Å². The van der Waals surface area contributed by atoms with E-state index in [4.69, 9.17) is 0 Å². The maximum absolute atomic E-state index is 2.28. The van der Waals surface area contributed by atoms with E-state index in [9.17, 15) is 0 Å². The molecule has 0 bridgehead atoms. The predicted molar refractivity (Wildman–Crippen MR) is 48.0 cm³/mol. The molecule has 0 atom stereocenters. The fraction of sp³-hybridized carbons (Fsp3) is 0.182. The first-order valence-corrected chi connectivity index (χ1v) is 4.01. The van der Waals surface area contributed by atoms with Crippen LogP contribution in [0.1, 0.15) is 12.8 Å². The number of halogens is 1. The molecule has 2 heteroatoms. The first kappa shape index (κ1) is 13.0. The smallest absolute Gasteiger partial charge is 1.00 e. The molecule has 0 amide bonds. The van der Waals surface area contributed by atoms with Crippen molar-refractivity contribution in [3.8, 4) is 0 Å². The minimum Gasteiger partial charge on any atom is -1.00 e. The molecule has 0 nitrogen and oxygen atoms in total. The van der Waals surface area contributed by atoms with Gasteiger partial charge in [-0.1, -0.05) is 12.2 Å². The van der Waals surface area contributed by atoms with Crippen LogP contribution in [0.3, 0.4) is 0 Å². The minimum absolute atomic E-state index is 0.